The topological polar surface area (TPSA) is 80.5 Å². The zero-order valence-corrected chi connectivity index (χ0v) is 12.5. The van der Waals surface area contributed by atoms with E-state index in [4.69, 9.17) is 5.73 Å². The van der Waals surface area contributed by atoms with Gasteiger partial charge >= 0.3 is 0 Å². The van der Waals surface area contributed by atoms with Crippen molar-refractivity contribution >= 4 is 15.7 Å². The summed E-state index contributed by atoms with van der Waals surface area (Å²) >= 11 is 0. The SMILES string of the molecule is CN(C(=O)C(C)(C)S(C)(=O)=O)C1CCCC1CN. The molecule has 18 heavy (non-hydrogen) atoms. The van der Waals surface area contributed by atoms with E-state index in [0.29, 0.717) is 6.54 Å². The molecule has 0 bridgehead atoms. The van der Waals surface area contributed by atoms with E-state index in [-0.39, 0.29) is 17.9 Å². The summed E-state index contributed by atoms with van der Waals surface area (Å²) in [6, 6.07) is 0.0727. The highest BCUT2D eigenvalue weighted by Crippen LogP contribution is 2.30. The molecule has 6 heteroatoms. The van der Waals surface area contributed by atoms with Crippen molar-refractivity contribution in [1.82, 2.24) is 4.90 Å². The van der Waals surface area contributed by atoms with E-state index in [1.165, 1.54) is 13.8 Å². The largest absolute Gasteiger partial charge is 0.341 e. The first-order chi connectivity index (χ1) is 8.13. The van der Waals surface area contributed by atoms with Crippen LogP contribution in [0.2, 0.25) is 0 Å². The second-order valence-corrected chi connectivity index (χ2v) is 8.26. The molecule has 1 aliphatic rings. The Kier molecular flexibility index (Phi) is 4.43. The highest BCUT2D eigenvalue weighted by atomic mass is 32.2. The predicted molar refractivity (Wildman–Crippen MR) is 71.9 cm³/mol. The second kappa shape index (κ2) is 5.17. The maximum absolute atomic E-state index is 12.4. The monoisotopic (exact) mass is 276 g/mol. The Labute approximate surface area is 110 Å². The molecule has 0 aliphatic heterocycles. The molecule has 5 nitrogen and oxygen atoms in total. The van der Waals surface area contributed by atoms with Gasteiger partial charge in [0.2, 0.25) is 5.91 Å². The molecule has 0 spiro atoms. The number of nitrogens with two attached hydrogens (primary N) is 1. The molecule has 1 fully saturated rings. The first kappa shape index (κ1) is 15.4. The van der Waals surface area contributed by atoms with E-state index in [1.807, 2.05) is 0 Å². The summed E-state index contributed by atoms with van der Waals surface area (Å²) in [4.78, 5) is 14.0. The van der Waals surface area contributed by atoms with Gasteiger partial charge in [-0.3, -0.25) is 4.79 Å². The number of hydrogen-bond donors (Lipinski definition) is 1. The fourth-order valence-corrected chi connectivity index (χ4v) is 3.00. The Balaban J connectivity index is 2.91. The molecule has 1 amide bonds. The number of carbonyl (C=O) groups is 1. The summed E-state index contributed by atoms with van der Waals surface area (Å²) in [5.74, 6) is -0.0512. The Morgan fingerprint density at radius 3 is 2.39 bits per heavy atom. The summed E-state index contributed by atoms with van der Waals surface area (Å²) in [6.45, 7) is 3.47. The quantitative estimate of drug-likeness (QED) is 0.805. The third-order valence-electron chi connectivity index (χ3n) is 4.18. The van der Waals surface area contributed by atoms with Crippen LogP contribution in [0.25, 0.3) is 0 Å². The molecule has 106 valence electrons. The van der Waals surface area contributed by atoms with Crippen molar-refractivity contribution in [2.45, 2.75) is 43.9 Å². The van der Waals surface area contributed by atoms with Gasteiger partial charge in [-0.25, -0.2) is 8.42 Å². The van der Waals surface area contributed by atoms with Crippen molar-refractivity contribution < 1.29 is 13.2 Å². The van der Waals surface area contributed by atoms with Crippen molar-refractivity contribution in [2.24, 2.45) is 11.7 Å². The van der Waals surface area contributed by atoms with Crippen molar-refractivity contribution in [2.75, 3.05) is 19.8 Å². The maximum atomic E-state index is 12.4. The summed E-state index contributed by atoms with van der Waals surface area (Å²) < 4.78 is 22.0. The fourth-order valence-electron chi connectivity index (χ4n) is 2.54. The molecule has 1 rings (SSSR count). The third-order valence-corrected chi connectivity index (χ3v) is 6.21. The van der Waals surface area contributed by atoms with Crippen LogP contribution in [-0.2, 0) is 14.6 Å². The highest BCUT2D eigenvalue weighted by Gasteiger charge is 2.43. The molecule has 0 heterocycles. The second-order valence-electron chi connectivity index (χ2n) is 5.69. The van der Waals surface area contributed by atoms with E-state index in [9.17, 15) is 13.2 Å². The van der Waals surface area contributed by atoms with Crippen molar-refractivity contribution in [1.29, 1.82) is 0 Å². The minimum atomic E-state index is -3.42. The van der Waals surface area contributed by atoms with E-state index < -0.39 is 14.6 Å². The minimum Gasteiger partial charge on any atom is -0.341 e. The van der Waals surface area contributed by atoms with Crippen LogP contribution in [0, 0.1) is 5.92 Å². The van der Waals surface area contributed by atoms with Gasteiger partial charge < -0.3 is 10.6 Å². The van der Waals surface area contributed by atoms with Crippen LogP contribution in [0.4, 0.5) is 0 Å². The van der Waals surface area contributed by atoms with Gasteiger partial charge in [-0.05, 0) is 39.2 Å². The maximum Gasteiger partial charge on any atom is 0.243 e. The van der Waals surface area contributed by atoms with Crippen LogP contribution in [0.3, 0.4) is 0 Å². The summed E-state index contributed by atoms with van der Waals surface area (Å²) in [6.07, 6.45) is 4.07. The number of carbonyl (C=O) groups excluding carboxylic acids is 1. The Bertz CT molecular complexity index is 417. The molecular weight excluding hydrogens is 252 g/mol. The van der Waals surface area contributed by atoms with Crippen molar-refractivity contribution in [3.8, 4) is 0 Å². The summed E-state index contributed by atoms with van der Waals surface area (Å²) in [5.41, 5.74) is 5.70. The molecular formula is C12H24N2O3S. The molecule has 1 aliphatic carbocycles. The number of nitrogens with zero attached hydrogens (tertiary/aromatic N) is 1. The molecule has 0 aromatic rings. The van der Waals surface area contributed by atoms with E-state index in [2.05, 4.69) is 0 Å². The van der Waals surface area contributed by atoms with E-state index >= 15 is 0 Å². The van der Waals surface area contributed by atoms with Crippen LogP contribution < -0.4 is 5.73 Å². The van der Waals surface area contributed by atoms with Crippen LogP contribution in [0.1, 0.15) is 33.1 Å². The minimum absolute atomic E-state index is 0.0727. The normalized spacial score (nSPS) is 25.2. The van der Waals surface area contributed by atoms with Crippen LogP contribution in [0.15, 0.2) is 0 Å². The first-order valence-corrected chi connectivity index (χ1v) is 8.19. The average Bonchev–Trinajstić information content (AvgIpc) is 2.73. The molecule has 0 aromatic carbocycles. The number of sulfone groups is 1. The molecule has 0 aromatic heterocycles. The third kappa shape index (κ3) is 2.69. The molecule has 2 atom stereocenters. The van der Waals surface area contributed by atoms with Gasteiger partial charge in [-0.1, -0.05) is 6.42 Å². The lowest BCUT2D eigenvalue weighted by molar-refractivity contribution is -0.134. The lowest BCUT2D eigenvalue weighted by Crippen LogP contribution is -2.52. The molecule has 0 saturated heterocycles. The van der Waals surface area contributed by atoms with Gasteiger partial charge in [0.25, 0.3) is 0 Å². The number of amides is 1. The van der Waals surface area contributed by atoms with E-state index in [1.54, 1.807) is 11.9 Å². The molecule has 2 unspecified atom stereocenters. The van der Waals surface area contributed by atoms with Gasteiger partial charge in [0.1, 0.15) is 4.75 Å². The molecule has 1 saturated carbocycles. The molecule has 0 radical (unpaired) electrons. The van der Waals surface area contributed by atoms with Gasteiger partial charge in [0, 0.05) is 19.3 Å². The summed E-state index contributed by atoms with van der Waals surface area (Å²) in [7, 11) is -1.73. The number of rotatable bonds is 4. The predicted octanol–water partition coefficient (Wildman–Crippen LogP) is 0.395. The smallest absolute Gasteiger partial charge is 0.243 e. The summed E-state index contributed by atoms with van der Waals surface area (Å²) in [5, 5.41) is 0. The van der Waals surface area contributed by atoms with Gasteiger partial charge in [-0.15, -0.1) is 0 Å². The van der Waals surface area contributed by atoms with Crippen LogP contribution >= 0.6 is 0 Å². The van der Waals surface area contributed by atoms with Gasteiger partial charge in [0.05, 0.1) is 0 Å². The zero-order chi connectivity index (χ0) is 14.1. The van der Waals surface area contributed by atoms with E-state index in [0.717, 1.165) is 25.5 Å². The highest BCUT2D eigenvalue weighted by molar-refractivity contribution is 7.92. The Morgan fingerprint density at radius 2 is 1.94 bits per heavy atom. The average molecular weight is 276 g/mol. The fraction of sp³-hybridized carbons (Fsp3) is 0.917. The Hall–Kier alpha value is -0.620. The lowest BCUT2D eigenvalue weighted by atomic mass is 10.0. The van der Waals surface area contributed by atoms with Gasteiger partial charge in [-0.2, -0.15) is 0 Å². The molecule has 2 N–H and O–H groups in total. The van der Waals surface area contributed by atoms with Crippen molar-refractivity contribution in [3.63, 3.8) is 0 Å². The zero-order valence-electron chi connectivity index (χ0n) is 11.6. The van der Waals surface area contributed by atoms with Gasteiger partial charge in [0.15, 0.2) is 9.84 Å². The van der Waals surface area contributed by atoms with Crippen molar-refractivity contribution in [3.05, 3.63) is 0 Å². The Morgan fingerprint density at radius 1 is 1.39 bits per heavy atom. The van der Waals surface area contributed by atoms with Crippen LogP contribution in [0.5, 0.6) is 0 Å². The first-order valence-electron chi connectivity index (χ1n) is 6.30. The standard InChI is InChI=1S/C12H24N2O3S/c1-12(2,18(4,16)17)11(15)14(3)10-7-5-6-9(10)8-13/h9-10H,5-8,13H2,1-4H3. The van der Waals surface area contributed by atoms with Crippen LogP contribution in [-0.4, -0.2) is 49.9 Å². The lowest BCUT2D eigenvalue weighted by Gasteiger charge is -2.34. The number of hydrogen-bond acceptors (Lipinski definition) is 4.